The molecule has 0 radical (unpaired) electrons. The molecule has 0 spiro atoms. The molecule has 31 heavy (non-hydrogen) atoms. The Labute approximate surface area is 175 Å². The van der Waals surface area contributed by atoms with Crippen molar-refractivity contribution in [2.75, 3.05) is 23.7 Å². The summed E-state index contributed by atoms with van der Waals surface area (Å²) in [6.07, 6.45) is 1.14. The molecule has 4 atom stereocenters. The molecule has 2 heterocycles. The number of carboxylic acids is 1. The van der Waals surface area contributed by atoms with E-state index in [1.165, 1.54) is 15.5 Å². The molecule has 0 amide bonds. The summed E-state index contributed by atoms with van der Waals surface area (Å²) in [5.41, 5.74) is 9.75. The van der Waals surface area contributed by atoms with Crippen LogP contribution in [-0.2, 0) is 0 Å². The van der Waals surface area contributed by atoms with E-state index in [0.29, 0.717) is 12.8 Å². The number of anilines is 2. The number of benzene rings is 1. The van der Waals surface area contributed by atoms with E-state index in [2.05, 4.69) is 0 Å². The van der Waals surface area contributed by atoms with Gasteiger partial charge in [0, 0.05) is 37.2 Å². The lowest BCUT2D eigenvalue weighted by atomic mass is 9.68. The van der Waals surface area contributed by atoms with Gasteiger partial charge in [0.05, 0.1) is 28.3 Å². The van der Waals surface area contributed by atoms with Crippen LogP contribution in [0, 0.1) is 11.7 Å². The molecule has 5 N–H and O–H groups in total. The SMILES string of the molecule is Nc1c(F)c(N2CC(F)[C@@H](C3(N)CCC3)C2)cc2c1c(=O)c(C(=O)O)cn2C1CC1F. The van der Waals surface area contributed by atoms with Gasteiger partial charge in [-0.15, -0.1) is 0 Å². The monoisotopic (exact) mass is 436 g/mol. The first-order valence-corrected chi connectivity index (χ1v) is 10.3. The van der Waals surface area contributed by atoms with Crippen LogP contribution in [0.2, 0.25) is 0 Å². The third kappa shape index (κ3) is 2.91. The van der Waals surface area contributed by atoms with Crippen molar-refractivity contribution in [1.82, 2.24) is 4.57 Å². The molecule has 1 aromatic carbocycles. The first-order valence-electron chi connectivity index (χ1n) is 10.3. The van der Waals surface area contributed by atoms with Gasteiger partial charge in [0.1, 0.15) is 17.9 Å². The van der Waals surface area contributed by atoms with Crippen LogP contribution >= 0.6 is 0 Å². The summed E-state index contributed by atoms with van der Waals surface area (Å²) in [4.78, 5) is 25.7. The number of rotatable bonds is 4. The molecule has 2 aromatic rings. The number of hydrogen-bond acceptors (Lipinski definition) is 5. The number of pyridine rings is 1. The standard InChI is InChI=1S/C21H23F3N4O3/c22-11-4-13(11)28-6-9(20(30)31)19(29)16-14(28)5-15(17(24)18(16)25)27-7-10(12(23)8-27)21(26)2-1-3-21/h5-6,10-13H,1-4,7-8,25-26H2,(H,30,31)/t10-,11?,12?,13?/m0/s1. The fourth-order valence-electron chi connectivity index (χ4n) is 5.05. The average Bonchev–Trinajstić information content (AvgIpc) is 3.28. The fraction of sp³-hybridized carbons (Fsp3) is 0.524. The van der Waals surface area contributed by atoms with Crippen molar-refractivity contribution in [3.8, 4) is 0 Å². The largest absolute Gasteiger partial charge is 0.477 e. The molecule has 3 unspecified atom stereocenters. The number of aromatic nitrogens is 1. The predicted molar refractivity (Wildman–Crippen MR) is 109 cm³/mol. The van der Waals surface area contributed by atoms with Crippen LogP contribution in [0.25, 0.3) is 10.9 Å². The van der Waals surface area contributed by atoms with Gasteiger partial charge >= 0.3 is 5.97 Å². The van der Waals surface area contributed by atoms with Crippen LogP contribution in [0.15, 0.2) is 17.1 Å². The highest BCUT2D eigenvalue weighted by atomic mass is 19.1. The van der Waals surface area contributed by atoms with Gasteiger partial charge in [0.15, 0.2) is 5.82 Å². The second-order valence-electron chi connectivity index (χ2n) is 9.04. The van der Waals surface area contributed by atoms with Crippen molar-refractivity contribution in [3.63, 3.8) is 0 Å². The van der Waals surface area contributed by atoms with E-state index in [4.69, 9.17) is 11.5 Å². The highest BCUT2D eigenvalue weighted by Gasteiger charge is 2.49. The summed E-state index contributed by atoms with van der Waals surface area (Å²) < 4.78 is 45.3. The molecule has 1 saturated heterocycles. The Morgan fingerprint density at radius 1 is 1.23 bits per heavy atom. The Balaban J connectivity index is 1.66. The molecule has 2 saturated carbocycles. The zero-order chi connectivity index (χ0) is 22.2. The number of carboxylic acid groups (broad SMARTS) is 1. The van der Waals surface area contributed by atoms with E-state index < -0.39 is 58.3 Å². The van der Waals surface area contributed by atoms with Crippen LogP contribution in [0.1, 0.15) is 42.1 Å². The maximum Gasteiger partial charge on any atom is 0.341 e. The van der Waals surface area contributed by atoms with Gasteiger partial charge in [0.2, 0.25) is 5.43 Å². The van der Waals surface area contributed by atoms with Gasteiger partial charge in [-0.3, -0.25) is 4.79 Å². The zero-order valence-corrected chi connectivity index (χ0v) is 16.7. The van der Waals surface area contributed by atoms with Crippen LogP contribution in [0.3, 0.4) is 0 Å². The third-order valence-corrected chi connectivity index (χ3v) is 7.16. The van der Waals surface area contributed by atoms with E-state index in [-0.39, 0.29) is 36.1 Å². The highest BCUT2D eigenvalue weighted by molar-refractivity contribution is 5.99. The lowest BCUT2D eigenvalue weighted by molar-refractivity contribution is 0.0694. The molecule has 5 rings (SSSR count). The van der Waals surface area contributed by atoms with Crippen molar-refractivity contribution >= 4 is 28.2 Å². The second kappa shape index (κ2) is 6.62. The first kappa shape index (κ1) is 20.2. The fourth-order valence-corrected chi connectivity index (χ4v) is 5.05. The Bertz CT molecular complexity index is 1160. The lowest BCUT2D eigenvalue weighted by Gasteiger charge is -2.43. The Morgan fingerprint density at radius 2 is 1.90 bits per heavy atom. The molecule has 3 aliphatic rings. The Kier molecular flexibility index (Phi) is 4.31. The van der Waals surface area contributed by atoms with Crippen LogP contribution in [-0.4, -0.2) is 46.6 Å². The number of nitrogens with zero attached hydrogens (tertiary/aromatic N) is 2. The van der Waals surface area contributed by atoms with Crippen molar-refractivity contribution in [2.24, 2.45) is 11.7 Å². The van der Waals surface area contributed by atoms with Gasteiger partial charge in [-0.2, -0.15) is 0 Å². The summed E-state index contributed by atoms with van der Waals surface area (Å²) >= 11 is 0. The number of aromatic carboxylic acids is 1. The smallest absolute Gasteiger partial charge is 0.341 e. The zero-order valence-electron chi connectivity index (χ0n) is 16.7. The van der Waals surface area contributed by atoms with Crippen molar-refractivity contribution < 1.29 is 23.1 Å². The Morgan fingerprint density at radius 3 is 2.45 bits per heavy atom. The lowest BCUT2D eigenvalue weighted by Crippen LogP contribution is -2.56. The summed E-state index contributed by atoms with van der Waals surface area (Å²) in [7, 11) is 0. The van der Waals surface area contributed by atoms with Gasteiger partial charge in [-0.25, -0.2) is 18.0 Å². The number of hydrogen-bond donors (Lipinski definition) is 3. The summed E-state index contributed by atoms with van der Waals surface area (Å²) in [6.45, 7) is 0.129. The van der Waals surface area contributed by atoms with E-state index >= 15 is 4.39 Å². The van der Waals surface area contributed by atoms with E-state index in [9.17, 15) is 23.5 Å². The second-order valence-corrected chi connectivity index (χ2v) is 9.04. The number of halogens is 3. The molecule has 1 aliphatic heterocycles. The summed E-state index contributed by atoms with van der Waals surface area (Å²) in [6, 6.07) is 0.680. The third-order valence-electron chi connectivity index (χ3n) is 7.16. The van der Waals surface area contributed by atoms with E-state index in [1.807, 2.05) is 0 Å². The normalized spacial score (nSPS) is 29.2. The van der Waals surface area contributed by atoms with E-state index in [0.717, 1.165) is 12.6 Å². The highest BCUT2D eigenvalue weighted by Crippen LogP contribution is 2.45. The quantitative estimate of drug-likeness (QED) is 0.634. The number of fused-ring (bicyclic) bond motifs is 1. The minimum Gasteiger partial charge on any atom is -0.477 e. The maximum absolute atomic E-state index is 15.3. The first-order chi connectivity index (χ1) is 14.6. The van der Waals surface area contributed by atoms with Crippen molar-refractivity contribution in [3.05, 3.63) is 33.9 Å². The van der Waals surface area contributed by atoms with Crippen LogP contribution < -0.4 is 21.8 Å². The molecular formula is C21H23F3N4O3. The molecule has 1 aromatic heterocycles. The van der Waals surface area contributed by atoms with Crippen LogP contribution in [0.4, 0.5) is 24.5 Å². The molecule has 0 bridgehead atoms. The minimum atomic E-state index is -1.50. The van der Waals surface area contributed by atoms with Crippen molar-refractivity contribution in [2.45, 2.75) is 49.6 Å². The molecule has 3 fully saturated rings. The maximum atomic E-state index is 15.3. The average molecular weight is 436 g/mol. The predicted octanol–water partition coefficient (Wildman–Crippen LogP) is 2.36. The molecule has 10 heteroatoms. The van der Waals surface area contributed by atoms with E-state index in [1.54, 1.807) is 0 Å². The van der Waals surface area contributed by atoms with Gasteiger partial charge in [-0.05, 0) is 25.3 Å². The number of nitrogens with two attached hydrogens (primary N) is 2. The summed E-state index contributed by atoms with van der Waals surface area (Å²) in [5, 5.41) is 9.06. The summed E-state index contributed by atoms with van der Waals surface area (Å²) in [5.74, 6) is -2.87. The molecule has 2 aliphatic carbocycles. The molecule has 7 nitrogen and oxygen atoms in total. The van der Waals surface area contributed by atoms with Gasteiger partial charge in [-0.1, -0.05) is 0 Å². The van der Waals surface area contributed by atoms with Gasteiger partial charge in [0.25, 0.3) is 0 Å². The molecular weight excluding hydrogens is 413 g/mol. The van der Waals surface area contributed by atoms with Gasteiger partial charge < -0.3 is 26.0 Å². The number of nitrogen functional groups attached to an aromatic ring is 1. The molecule has 166 valence electrons. The topological polar surface area (TPSA) is 115 Å². The Hall–Kier alpha value is -2.75. The van der Waals surface area contributed by atoms with Crippen LogP contribution in [0.5, 0.6) is 0 Å². The van der Waals surface area contributed by atoms with Crippen molar-refractivity contribution in [1.29, 1.82) is 0 Å². The number of carbonyl (C=O) groups is 1. The number of alkyl halides is 2. The minimum absolute atomic E-state index is 0.00496.